The van der Waals surface area contributed by atoms with Crippen LogP contribution >= 0.6 is 15.9 Å². The van der Waals surface area contributed by atoms with Crippen molar-refractivity contribution < 1.29 is 0 Å². The quantitative estimate of drug-likeness (QED) is 0.836. The van der Waals surface area contributed by atoms with E-state index in [9.17, 15) is 0 Å². The van der Waals surface area contributed by atoms with Gasteiger partial charge >= 0.3 is 0 Å². The number of hydrogen-bond acceptors (Lipinski definition) is 2. The molecule has 0 aliphatic heterocycles. The van der Waals surface area contributed by atoms with E-state index in [1.807, 2.05) is 6.20 Å². The van der Waals surface area contributed by atoms with Crippen LogP contribution in [-0.2, 0) is 0 Å². The Balaban J connectivity index is 2.45. The Morgan fingerprint density at radius 1 is 1.10 bits per heavy atom. The maximum atomic E-state index is 4.59. The minimum atomic E-state index is 0.150. The Hall–Kier alpha value is -1.19. The summed E-state index contributed by atoms with van der Waals surface area (Å²) in [4.78, 5) is 4.59. The second kappa shape index (κ2) is 7.19. The van der Waals surface area contributed by atoms with Gasteiger partial charge in [-0.3, -0.25) is 4.98 Å². The summed E-state index contributed by atoms with van der Waals surface area (Å²) in [5, 5.41) is 3.63. The molecule has 0 spiro atoms. The van der Waals surface area contributed by atoms with Crippen LogP contribution in [0.2, 0.25) is 0 Å². The van der Waals surface area contributed by atoms with Gasteiger partial charge in [-0.05, 0) is 84.1 Å². The number of pyridine rings is 1. The van der Waals surface area contributed by atoms with Crippen molar-refractivity contribution in [3.63, 3.8) is 0 Å². The van der Waals surface area contributed by atoms with E-state index >= 15 is 0 Å². The summed E-state index contributed by atoms with van der Waals surface area (Å²) in [7, 11) is 0. The maximum absolute atomic E-state index is 4.59. The molecule has 0 aliphatic carbocycles. The van der Waals surface area contributed by atoms with Crippen molar-refractivity contribution in [2.45, 2.75) is 40.2 Å². The monoisotopic (exact) mass is 346 g/mol. The van der Waals surface area contributed by atoms with Gasteiger partial charge in [-0.25, -0.2) is 0 Å². The molecule has 1 unspecified atom stereocenters. The van der Waals surface area contributed by atoms with E-state index in [-0.39, 0.29) is 6.04 Å². The van der Waals surface area contributed by atoms with Crippen LogP contribution in [0.15, 0.2) is 34.9 Å². The van der Waals surface area contributed by atoms with Crippen LogP contribution in [0.3, 0.4) is 0 Å². The van der Waals surface area contributed by atoms with Crippen molar-refractivity contribution in [3.8, 4) is 0 Å². The average molecular weight is 347 g/mol. The summed E-state index contributed by atoms with van der Waals surface area (Å²) in [6, 6.07) is 8.86. The van der Waals surface area contributed by atoms with Gasteiger partial charge in [0.1, 0.15) is 0 Å². The van der Waals surface area contributed by atoms with Gasteiger partial charge in [0.15, 0.2) is 0 Å². The largest absolute Gasteiger partial charge is 0.305 e. The number of aromatic nitrogens is 1. The summed E-state index contributed by atoms with van der Waals surface area (Å²) in [5.41, 5.74) is 6.38. The molecule has 3 heteroatoms. The Labute approximate surface area is 136 Å². The predicted molar refractivity (Wildman–Crippen MR) is 92.7 cm³/mol. The molecule has 0 fully saturated rings. The molecule has 1 aromatic heterocycles. The number of nitrogens with one attached hydrogen (secondary N) is 1. The van der Waals surface area contributed by atoms with Crippen molar-refractivity contribution in [2.24, 2.45) is 0 Å². The molecule has 2 aromatic rings. The molecule has 21 heavy (non-hydrogen) atoms. The third-order valence-electron chi connectivity index (χ3n) is 3.84. The number of halogens is 1. The fourth-order valence-electron chi connectivity index (χ4n) is 2.51. The van der Waals surface area contributed by atoms with Gasteiger partial charge < -0.3 is 5.32 Å². The third-order valence-corrected chi connectivity index (χ3v) is 4.31. The maximum Gasteiger partial charge on any atom is 0.0754 e. The molecule has 112 valence electrons. The summed E-state index contributed by atoms with van der Waals surface area (Å²) in [6.07, 6.45) is 2.98. The number of hydrogen-bond donors (Lipinski definition) is 1. The summed E-state index contributed by atoms with van der Waals surface area (Å²) in [5.74, 6) is 0. The van der Waals surface area contributed by atoms with Crippen LogP contribution in [0.1, 0.15) is 47.3 Å². The van der Waals surface area contributed by atoms with Crippen molar-refractivity contribution >= 4 is 15.9 Å². The van der Waals surface area contributed by atoms with Gasteiger partial charge in [0, 0.05) is 10.7 Å². The topological polar surface area (TPSA) is 24.9 Å². The van der Waals surface area contributed by atoms with E-state index in [0.29, 0.717) is 0 Å². The first kappa shape index (κ1) is 16.2. The summed E-state index contributed by atoms with van der Waals surface area (Å²) < 4.78 is 1.01. The second-order valence-corrected chi connectivity index (χ2v) is 6.50. The van der Waals surface area contributed by atoms with Crippen LogP contribution in [-0.4, -0.2) is 11.5 Å². The molecule has 0 saturated heterocycles. The molecule has 0 aliphatic rings. The van der Waals surface area contributed by atoms with E-state index < -0.39 is 0 Å². The van der Waals surface area contributed by atoms with Crippen LogP contribution in [0.5, 0.6) is 0 Å². The van der Waals surface area contributed by atoms with Gasteiger partial charge in [0.2, 0.25) is 0 Å². The number of aryl methyl sites for hydroxylation is 3. The normalized spacial score (nSPS) is 12.4. The van der Waals surface area contributed by atoms with E-state index in [1.165, 1.54) is 22.3 Å². The molecule has 0 saturated carbocycles. The summed E-state index contributed by atoms with van der Waals surface area (Å²) >= 11 is 3.46. The first-order chi connectivity index (χ1) is 10.0. The van der Waals surface area contributed by atoms with E-state index in [2.05, 4.69) is 78.2 Å². The Morgan fingerprint density at radius 2 is 1.81 bits per heavy atom. The van der Waals surface area contributed by atoms with E-state index in [0.717, 1.165) is 23.1 Å². The highest BCUT2D eigenvalue weighted by Gasteiger charge is 2.17. The Kier molecular flexibility index (Phi) is 5.54. The molecular formula is C18H23BrN2. The second-order valence-electron chi connectivity index (χ2n) is 5.58. The van der Waals surface area contributed by atoms with E-state index in [1.54, 1.807) is 0 Å². The van der Waals surface area contributed by atoms with Gasteiger partial charge in [-0.1, -0.05) is 19.1 Å². The van der Waals surface area contributed by atoms with Crippen LogP contribution in [0.4, 0.5) is 0 Å². The lowest BCUT2D eigenvalue weighted by atomic mass is 9.93. The lowest BCUT2D eigenvalue weighted by Gasteiger charge is -2.22. The zero-order valence-corrected chi connectivity index (χ0v) is 14.8. The standard InChI is InChI=1S/C18H23BrN2/c1-5-8-20-18(17-7-6-15(19)11-21-17)16-10-13(3)12(2)9-14(16)4/h6-7,9-11,18,20H,5,8H2,1-4H3. The van der Waals surface area contributed by atoms with Gasteiger partial charge in [0.25, 0.3) is 0 Å². The lowest BCUT2D eigenvalue weighted by molar-refractivity contribution is 0.583. The molecule has 0 radical (unpaired) electrons. The van der Waals surface area contributed by atoms with Gasteiger partial charge in [0.05, 0.1) is 11.7 Å². The van der Waals surface area contributed by atoms with Crippen molar-refractivity contribution in [2.75, 3.05) is 6.54 Å². The minimum absolute atomic E-state index is 0.150. The van der Waals surface area contributed by atoms with Crippen LogP contribution in [0, 0.1) is 20.8 Å². The zero-order valence-electron chi connectivity index (χ0n) is 13.2. The molecule has 0 bridgehead atoms. The van der Waals surface area contributed by atoms with Gasteiger partial charge in [-0.15, -0.1) is 0 Å². The Morgan fingerprint density at radius 3 is 2.43 bits per heavy atom. The number of nitrogens with zero attached hydrogens (tertiary/aromatic N) is 1. The van der Waals surface area contributed by atoms with Crippen LogP contribution in [0.25, 0.3) is 0 Å². The highest BCUT2D eigenvalue weighted by Crippen LogP contribution is 2.27. The van der Waals surface area contributed by atoms with E-state index in [4.69, 9.17) is 0 Å². The molecule has 2 rings (SSSR count). The molecule has 1 heterocycles. The first-order valence-electron chi connectivity index (χ1n) is 7.45. The number of benzene rings is 1. The highest BCUT2D eigenvalue weighted by atomic mass is 79.9. The molecule has 0 amide bonds. The summed E-state index contributed by atoms with van der Waals surface area (Å²) in [6.45, 7) is 9.69. The van der Waals surface area contributed by atoms with Gasteiger partial charge in [-0.2, -0.15) is 0 Å². The first-order valence-corrected chi connectivity index (χ1v) is 8.24. The van der Waals surface area contributed by atoms with Crippen molar-refractivity contribution in [3.05, 3.63) is 62.9 Å². The fourth-order valence-corrected chi connectivity index (χ4v) is 2.75. The average Bonchev–Trinajstić information content (AvgIpc) is 2.46. The molecule has 2 nitrogen and oxygen atoms in total. The smallest absolute Gasteiger partial charge is 0.0754 e. The lowest BCUT2D eigenvalue weighted by Crippen LogP contribution is -2.25. The fraction of sp³-hybridized carbons (Fsp3) is 0.389. The molecular weight excluding hydrogens is 324 g/mol. The zero-order chi connectivity index (χ0) is 15.4. The predicted octanol–water partition coefficient (Wildman–Crippen LogP) is 4.86. The Bertz CT molecular complexity index is 605. The number of rotatable bonds is 5. The van der Waals surface area contributed by atoms with Crippen molar-refractivity contribution in [1.29, 1.82) is 0 Å². The minimum Gasteiger partial charge on any atom is -0.305 e. The molecule has 1 aromatic carbocycles. The third kappa shape index (κ3) is 3.92. The SMILES string of the molecule is CCCNC(c1ccc(Br)cn1)c1cc(C)c(C)cc1C. The molecule has 1 N–H and O–H groups in total. The van der Waals surface area contributed by atoms with Crippen molar-refractivity contribution in [1.82, 2.24) is 10.3 Å². The molecule has 1 atom stereocenters. The van der Waals surface area contributed by atoms with Crippen LogP contribution < -0.4 is 5.32 Å². The highest BCUT2D eigenvalue weighted by molar-refractivity contribution is 9.10.